The number of rotatable bonds is 2. The topological polar surface area (TPSA) is 35.6 Å². The van der Waals surface area contributed by atoms with Crippen LogP contribution >= 0.6 is 0 Å². The molecule has 0 bridgehead atoms. The van der Waals surface area contributed by atoms with Gasteiger partial charge in [0.25, 0.3) is 6.71 Å². The molecule has 0 amide bonds. The second-order valence-corrected chi connectivity index (χ2v) is 23.1. The Morgan fingerprint density at radius 2 is 0.923 bits per heavy atom. The summed E-state index contributed by atoms with van der Waals surface area (Å²) in [6, 6.07) is 48.3. The average Bonchev–Trinajstić information content (AvgIpc) is 3.79. The van der Waals surface area contributed by atoms with Crippen molar-refractivity contribution in [3.05, 3.63) is 150 Å². The number of fused-ring (bicyclic) bond motifs is 11. The van der Waals surface area contributed by atoms with Gasteiger partial charge in [-0.25, -0.2) is 9.97 Å². The Hall–Kier alpha value is -6.46. The van der Waals surface area contributed by atoms with Gasteiger partial charge >= 0.3 is 0 Å². The molecule has 0 radical (unpaired) electrons. The highest BCUT2D eigenvalue weighted by atomic mass is 15.0. The summed E-state index contributed by atoms with van der Waals surface area (Å²) in [7, 11) is 0. The van der Waals surface area contributed by atoms with Gasteiger partial charge < -0.3 is 9.13 Å². The van der Waals surface area contributed by atoms with Gasteiger partial charge in [0.15, 0.2) is 5.82 Å². The minimum Gasteiger partial charge on any atom is -0.310 e. The third-order valence-electron chi connectivity index (χ3n) is 14.7. The van der Waals surface area contributed by atoms with Gasteiger partial charge in [-0.15, -0.1) is 0 Å². The number of hydrogen-bond acceptors (Lipinski definition) is 2. The molecule has 10 aromatic rings. The van der Waals surface area contributed by atoms with Gasteiger partial charge in [-0.05, 0) is 103 Å². The lowest BCUT2D eigenvalue weighted by Crippen LogP contribution is -2.59. The minimum atomic E-state index is -0.0816. The van der Waals surface area contributed by atoms with E-state index >= 15 is 0 Å². The van der Waals surface area contributed by atoms with Crippen LogP contribution in [0, 0.1) is 0 Å². The minimum absolute atomic E-state index is 0.00557. The zero-order chi connectivity index (χ0) is 45.3. The summed E-state index contributed by atoms with van der Waals surface area (Å²) in [5.74, 6) is 0.732. The molecular weight excluding hydrogens is 787 g/mol. The lowest BCUT2D eigenvalue weighted by molar-refractivity contribution is 0.590. The summed E-state index contributed by atoms with van der Waals surface area (Å²) in [6.07, 6.45) is 0. The van der Waals surface area contributed by atoms with E-state index < -0.39 is 0 Å². The summed E-state index contributed by atoms with van der Waals surface area (Å²) in [6.45, 7) is 28.3. The van der Waals surface area contributed by atoms with Gasteiger partial charge in [-0.3, -0.25) is 0 Å². The molecule has 2 aliphatic heterocycles. The Bertz CT molecular complexity index is 3510. The smallest absolute Gasteiger partial charge is 0.252 e. The summed E-state index contributed by atoms with van der Waals surface area (Å²) in [5, 5.41) is 6.43. The Balaban J connectivity index is 1.31. The second kappa shape index (κ2) is 13.1. The van der Waals surface area contributed by atoms with Crippen molar-refractivity contribution in [1.82, 2.24) is 19.1 Å². The first kappa shape index (κ1) is 40.1. The number of nitrogens with zero attached hydrogens (tertiary/aromatic N) is 4. The lowest BCUT2D eigenvalue weighted by atomic mass is 9.34. The zero-order valence-electron chi connectivity index (χ0n) is 40.0. The number of hydrogen-bond donors (Lipinski definition) is 0. The first-order valence-electron chi connectivity index (χ1n) is 23.5. The van der Waals surface area contributed by atoms with Gasteiger partial charge in [-0.2, -0.15) is 0 Å². The standard InChI is InChI=1S/C60H57BN4/c1-57(2,3)36-22-28-46-39(32-36)50-41(59(7,8)9)24-26-43-54(50)64(46)48-30-35(53-38-20-16-17-21-45(38)62-56(63-53)34-18-14-13-15-19-34)31-49-52(48)61(43)44-27-25-42(60(10,11)12)51-40-33-37(58(4,5)6)23-29-47(40)65(49)55(44)51/h13-33H,1-12H3. The SMILES string of the molecule is CC(C)(C)c1ccc2c(c1)c1c(C(C)(C)C)ccc3c1n2-c1cc(-c2nc(-c4ccccc4)nc4ccccc24)cc2c1B3c1ccc(C(C)(C)C)c3c4cc(C(C)(C)C)ccc4n-2c13. The highest BCUT2D eigenvalue weighted by molar-refractivity contribution is 7.00. The van der Waals surface area contributed by atoms with Gasteiger partial charge in [0.2, 0.25) is 0 Å². The third kappa shape index (κ3) is 5.70. The molecule has 0 N–H and O–H groups in total. The molecule has 3 aromatic heterocycles. The number of benzene rings is 7. The summed E-state index contributed by atoms with van der Waals surface area (Å²) in [5.41, 5.74) is 20.9. The molecule has 2 aliphatic rings. The average molecular weight is 845 g/mol. The zero-order valence-corrected chi connectivity index (χ0v) is 40.0. The van der Waals surface area contributed by atoms with Crippen LogP contribution in [0.5, 0.6) is 0 Å². The normalized spacial score (nSPS) is 13.8. The first-order chi connectivity index (χ1) is 30.8. The van der Waals surface area contributed by atoms with Crippen LogP contribution in [0.4, 0.5) is 0 Å². The number of para-hydroxylation sites is 1. The molecule has 0 saturated carbocycles. The molecule has 5 heteroatoms. The van der Waals surface area contributed by atoms with Crippen molar-refractivity contribution in [2.45, 2.75) is 105 Å². The van der Waals surface area contributed by atoms with Crippen molar-refractivity contribution in [2.75, 3.05) is 0 Å². The fraction of sp³-hybridized carbons (Fsp3) is 0.267. The van der Waals surface area contributed by atoms with E-state index in [0.717, 1.165) is 33.5 Å². The van der Waals surface area contributed by atoms with Crippen molar-refractivity contribution >= 4 is 77.6 Å². The maximum absolute atomic E-state index is 5.53. The Morgan fingerprint density at radius 3 is 1.42 bits per heavy atom. The highest BCUT2D eigenvalue weighted by Gasteiger charge is 2.43. The highest BCUT2D eigenvalue weighted by Crippen LogP contribution is 2.46. The Labute approximate surface area is 383 Å². The second-order valence-electron chi connectivity index (χ2n) is 23.1. The molecule has 0 saturated heterocycles. The van der Waals surface area contributed by atoms with Crippen LogP contribution in [-0.4, -0.2) is 25.8 Å². The van der Waals surface area contributed by atoms with E-state index in [0.29, 0.717) is 0 Å². The van der Waals surface area contributed by atoms with Crippen molar-refractivity contribution in [2.24, 2.45) is 0 Å². The molecule has 5 heterocycles. The molecule has 0 unspecified atom stereocenters. The van der Waals surface area contributed by atoms with Crippen molar-refractivity contribution < 1.29 is 0 Å². The lowest BCUT2D eigenvalue weighted by Gasteiger charge is -2.35. The van der Waals surface area contributed by atoms with Crippen LogP contribution in [0.2, 0.25) is 0 Å². The molecule has 4 nitrogen and oxygen atoms in total. The molecule has 0 fully saturated rings. The fourth-order valence-electron chi connectivity index (χ4n) is 11.4. The van der Waals surface area contributed by atoms with Gasteiger partial charge in [0.1, 0.15) is 0 Å². The van der Waals surface area contributed by atoms with Crippen LogP contribution in [0.25, 0.3) is 88.5 Å². The molecule has 12 rings (SSSR count). The predicted octanol–water partition coefficient (Wildman–Crippen LogP) is 13.5. The monoisotopic (exact) mass is 844 g/mol. The van der Waals surface area contributed by atoms with Gasteiger partial charge in [0.05, 0.1) is 22.2 Å². The predicted molar refractivity (Wildman–Crippen MR) is 279 cm³/mol. The van der Waals surface area contributed by atoms with Crippen LogP contribution in [0.3, 0.4) is 0 Å². The van der Waals surface area contributed by atoms with Crippen LogP contribution in [0.1, 0.15) is 105 Å². The van der Waals surface area contributed by atoms with E-state index in [1.165, 1.54) is 93.6 Å². The van der Waals surface area contributed by atoms with E-state index in [4.69, 9.17) is 9.97 Å². The Kier molecular flexibility index (Phi) is 8.07. The van der Waals surface area contributed by atoms with E-state index in [9.17, 15) is 0 Å². The molecule has 0 atom stereocenters. The Morgan fingerprint density at radius 1 is 0.431 bits per heavy atom. The van der Waals surface area contributed by atoms with E-state index in [1.54, 1.807) is 0 Å². The quantitative estimate of drug-likeness (QED) is 0.163. The van der Waals surface area contributed by atoms with Crippen molar-refractivity contribution in [3.63, 3.8) is 0 Å². The first-order valence-corrected chi connectivity index (χ1v) is 23.5. The number of aromatic nitrogens is 4. The molecule has 0 aliphatic carbocycles. The van der Waals surface area contributed by atoms with Crippen LogP contribution < -0.4 is 16.4 Å². The summed E-state index contributed by atoms with van der Waals surface area (Å²) in [4.78, 5) is 10.7. The van der Waals surface area contributed by atoms with E-state index in [1.807, 2.05) is 0 Å². The van der Waals surface area contributed by atoms with Crippen LogP contribution in [-0.2, 0) is 21.7 Å². The van der Waals surface area contributed by atoms with E-state index in [-0.39, 0.29) is 28.4 Å². The van der Waals surface area contributed by atoms with Gasteiger partial charge in [-0.1, -0.05) is 168 Å². The summed E-state index contributed by atoms with van der Waals surface area (Å²) >= 11 is 0. The summed E-state index contributed by atoms with van der Waals surface area (Å²) < 4.78 is 5.27. The van der Waals surface area contributed by atoms with Gasteiger partial charge in [0, 0.05) is 60.5 Å². The largest absolute Gasteiger partial charge is 0.310 e. The maximum Gasteiger partial charge on any atom is 0.252 e. The van der Waals surface area contributed by atoms with Crippen molar-refractivity contribution in [1.29, 1.82) is 0 Å². The molecule has 0 spiro atoms. The van der Waals surface area contributed by atoms with Crippen molar-refractivity contribution in [3.8, 4) is 34.0 Å². The fourth-order valence-corrected chi connectivity index (χ4v) is 11.4. The van der Waals surface area contributed by atoms with E-state index in [2.05, 4.69) is 220 Å². The third-order valence-corrected chi connectivity index (χ3v) is 14.7. The molecule has 7 aromatic carbocycles. The molecule has 320 valence electrons. The molecular formula is C60H57BN4. The van der Waals surface area contributed by atoms with Crippen LogP contribution in [0.15, 0.2) is 127 Å². The maximum atomic E-state index is 5.53. The molecule has 65 heavy (non-hydrogen) atoms.